The number of aromatic nitrogens is 4. The summed E-state index contributed by atoms with van der Waals surface area (Å²) in [4.78, 5) is 14.9. The maximum atomic E-state index is 6.21. The number of halogens is 1. The summed E-state index contributed by atoms with van der Waals surface area (Å²) in [7, 11) is 0. The van der Waals surface area contributed by atoms with E-state index in [0.29, 0.717) is 23.4 Å². The van der Waals surface area contributed by atoms with Gasteiger partial charge in [0.15, 0.2) is 0 Å². The molecule has 8 heteroatoms. The lowest BCUT2D eigenvalue weighted by Crippen LogP contribution is -2.19. The van der Waals surface area contributed by atoms with Gasteiger partial charge in [-0.1, -0.05) is 85.7 Å². The van der Waals surface area contributed by atoms with Crippen molar-refractivity contribution in [2.75, 3.05) is 10.6 Å². The zero-order chi connectivity index (χ0) is 28.0. The van der Waals surface area contributed by atoms with Gasteiger partial charge in [0.25, 0.3) is 0 Å². The molecule has 6 rings (SSSR count). The van der Waals surface area contributed by atoms with Gasteiger partial charge in [0.2, 0.25) is 5.95 Å². The normalized spacial score (nSPS) is 14.6. The minimum atomic E-state index is 0.0572. The molecule has 5 aromatic rings. The number of benzene rings is 2. The summed E-state index contributed by atoms with van der Waals surface area (Å²) in [6.07, 6.45) is 11.6. The smallest absolute Gasteiger partial charge is 0.226 e. The average Bonchev–Trinajstić information content (AvgIpc) is 3.70. The minimum Gasteiger partial charge on any atom is -0.361 e. The third-order valence-corrected chi connectivity index (χ3v) is 8.86. The second-order valence-corrected chi connectivity index (χ2v) is 12.2. The lowest BCUT2D eigenvalue weighted by molar-refractivity contribution is 0.323. The summed E-state index contributed by atoms with van der Waals surface area (Å²) in [5, 5.41) is 11.2. The Labute approximate surface area is 250 Å². The van der Waals surface area contributed by atoms with Crippen LogP contribution in [0.1, 0.15) is 61.4 Å². The van der Waals surface area contributed by atoms with Crippen LogP contribution in [0.2, 0.25) is 5.02 Å². The van der Waals surface area contributed by atoms with Gasteiger partial charge in [-0.15, -0.1) is 11.3 Å². The largest absolute Gasteiger partial charge is 0.361 e. The highest BCUT2D eigenvalue weighted by Crippen LogP contribution is 2.36. The first-order chi connectivity index (χ1) is 20.1. The van der Waals surface area contributed by atoms with Crippen LogP contribution in [0.25, 0.3) is 16.4 Å². The van der Waals surface area contributed by atoms with E-state index in [9.17, 15) is 0 Å². The number of rotatable bonds is 10. The Morgan fingerprint density at radius 2 is 1.76 bits per heavy atom. The first-order valence-electron chi connectivity index (χ1n) is 14.4. The van der Waals surface area contributed by atoms with E-state index in [-0.39, 0.29) is 6.04 Å². The number of anilines is 2. The molecule has 1 aliphatic rings. The Hall–Kier alpha value is -3.68. The molecule has 3 heterocycles. The van der Waals surface area contributed by atoms with Gasteiger partial charge in [-0.25, -0.2) is 4.98 Å². The fourth-order valence-electron chi connectivity index (χ4n) is 5.50. The van der Waals surface area contributed by atoms with Crippen LogP contribution in [0.3, 0.4) is 0 Å². The summed E-state index contributed by atoms with van der Waals surface area (Å²) in [6.45, 7) is 2.69. The van der Waals surface area contributed by atoms with Crippen molar-refractivity contribution in [3.63, 3.8) is 0 Å². The van der Waals surface area contributed by atoms with E-state index in [0.717, 1.165) is 39.9 Å². The maximum Gasteiger partial charge on any atom is 0.226 e. The summed E-state index contributed by atoms with van der Waals surface area (Å²) < 4.78 is 2.01. The zero-order valence-electron chi connectivity index (χ0n) is 23.3. The van der Waals surface area contributed by atoms with Crippen LogP contribution in [0.4, 0.5) is 11.8 Å². The molecular formula is C33H35ClN6S. The summed E-state index contributed by atoms with van der Waals surface area (Å²) in [6, 6.07) is 22.5. The third kappa shape index (κ3) is 7.16. The average molecular weight is 583 g/mol. The first-order valence-corrected chi connectivity index (χ1v) is 15.6. The van der Waals surface area contributed by atoms with E-state index in [4.69, 9.17) is 26.6 Å². The van der Waals surface area contributed by atoms with Gasteiger partial charge in [-0.2, -0.15) is 9.97 Å². The number of thiazole rings is 1. The lowest BCUT2D eigenvalue weighted by Gasteiger charge is -2.27. The predicted octanol–water partition coefficient (Wildman–Crippen LogP) is 9.09. The van der Waals surface area contributed by atoms with E-state index >= 15 is 0 Å². The van der Waals surface area contributed by atoms with E-state index in [1.807, 2.05) is 59.4 Å². The van der Waals surface area contributed by atoms with Crippen molar-refractivity contribution in [1.82, 2.24) is 19.5 Å². The molecule has 0 aliphatic heterocycles. The van der Waals surface area contributed by atoms with Gasteiger partial charge in [0, 0.05) is 41.0 Å². The first kappa shape index (κ1) is 27.5. The molecule has 1 fully saturated rings. The molecule has 0 unspecified atom stereocenters. The van der Waals surface area contributed by atoms with Crippen LogP contribution in [-0.4, -0.2) is 19.5 Å². The molecule has 0 spiro atoms. The Balaban J connectivity index is 1.29. The molecule has 1 saturated carbocycles. The van der Waals surface area contributed by atoms with Crippen LogP contribution < -0.4 is 10.6 Å². The Kier molecular flexibility index (Phi) is 8.63. The molecule has 0 radical (unpaired) electrons. The molecule has 210 valence electrons. The summed E-state index contributed by atoms with van der Waals surface area (Å²) in [5.74, 6) is 2.82. The second kappa shape index (κ2) is 12.9. The van der Waals surface area contributed by atoms with Crippen LogP contribution in [-0.2, 0) is 6.54 Å². The molecule has 0 saturated heterocycles. The topological polar surface area (TPSA) is 67.7 Å². The van der Waals surface area contributed by atoms with Crippen LogP contribution in [0.15, 0.2) is 84.5 Å². The highest BCUT2D eigenvalue weighted by Gasteiger charge is 2.23. The monoisotopic (exact) mass is 582 g/mol. The molecule has 2 N–H and O–H groups in total. The molecule has 6 nitrogen and oxygen atoms in total. The van der Waals surface area contributed by atoms with Gasteiger partial charge in [0.1, 0.15) is 16.6 Å². The number of hydrogen-bond acceptors (Lipinski definition) is 6. The van der Waals surface area contributed by atoms with Crippen molar-refractivity contribution in [3.05, 3.63) is 106 Å². The fourth-order valence-corrected chi connectivity index (χ4v) is 6.59. The number of nitrogens with zero attached hydrogens (tertiary/aromatic N) is 4. The SMILES string of the molecule is Cc1ccc(-c2nc([C@@H](CC3CCCCC3)Nc3cc(-n4cccc4)nc(NCc4cccc(Cl)c4)n3)cs2)cc1. The highest BCUT2D eigenvalue weighted by molar-refractivity contribution is 7.13. The van der Waals surface area contributed by atoms with E-state index in [1.165, 1.54) is 37.7 Å². The van der Waals surface area contributed by atoms with Crippen molar-refractivity contribution in [3.8, 4) is 16.4 Å². The number of nitrogens with one attached hydrogen (secondary N) is 2. The van der Waals surface area contributed by atoms with Gasteiger partial charge in [-0.3, -0.25) is 0 Å². The molecule has 3 aromatic heterocycles. The van der Waals surface area contributed by atoms with Gasteiger partial charge < -0.3 is 15.2 Å². The highest BCUT2D eigenvalue weighted by atomic mass is 35.5. The molecular weight excluding hydrogens is 548 g/mol. The Morgan fingerprint density at radius 1 is 0.951 bits per heavy atom. The third-order valence-electron chi connectivity index (χ3n) is 7.71. The molecule has 2 aromatic carbocycles. The zero-order valence-corrected chi connectivity index (χ0v) is 24.8. The number of aryl methyl sites for hydroxylation is 1. The van der Waals surface area contributed by atoms with Crippen LogP contribution in [0, 0.1) is 12.8 Å². The predicted molar refractivity (Wildman–Crippen MR) is 170 cm³/mol. The van der Waals surface area contributed by atoms with Crippen LogP contribution in [0.5, 0.6) is 0 Å². The quantitative estimate of drug-likeness (QED) is 0.172. The Bertz CT molecular complexity index is 1560. The number of hydrogen-bond donors (Lipinski definition) is 2. The molecule has 41 heavy (non-hydrogen) atoms. The van der Waals surface area contributed by atoms with Gasteiger partial charge in [-0.05, 0) is 49.1 Å². The minimum absolute atomic E-state index is 0.0572. The van der Waals surface area contributed by atoms with Gasteiger partial charge >= 0.3 is 0 Å². The Morgan fingerprint density at radius 3 is 2.54 bits per heavy atom. The fraction of sp³-hybridized carbons (Fsp3) is 0.303. The summed E-state index contributed by atoms with van der Waals surface area (Å²) in [5.41, 5.74) is 4.56. The molecule has 1 aliphatic carbocycles. The lowest BCUT2D eigenvalue weighted by atomic mass is 9.84. The molecule has 0 bridgehead atoms. The maximum absolute atomic E-state index is 6.21. The van der Waals surface area contributed by atoms with E-state index in [2.05, 4.69) is 47.2 Å². The van der Waals surface area contributed by atoms with Crippen molar-refractivity contribution in [2.45, 2.75) is 58.0 Å². The van der Waals surface area contributed by atoms with Crippen LogP contribution >= 0.6 is 22.9 Å². The van der Waals surface area contributed by atoms with E-state index in [1.54, 1.807) is 11.3 Å². The standard InChI is InChI=1S/C33H35ClN6S/c1-23-12-14-26(15-13-23)32-37-29(22-41-32)28(19-24-8-3-2-4-9-24)36-30-20-31(40-16-5-6-17-40)39-33(38-30)35-21-25-10-7-11-27(34)18-25/h5-7,10-18,20,22,24,28H,2-4,8-9,19,21H2,1H3,(H2,35,36,38,39)/t28-/m1/s1. The summed E-state index contributed by atoms with van der Waals surface area (Å²) >= 11 is 7.92. The van der Waals surface area contributed by atoms with Gasteiger partial charge in [0.05, 0.1) is 11.7 Å². The van der Waals surface area contributed by atoms with Crippen molar-refractivity contribution in [1.29, 1.82) is 0 Å². The van der Waals surface area contributed by atoms with Crippen molar-refractivity contribution < 1.29 is 0 Å². The van der Waals surface area contributed by atoms with Crippen molar-refractivity contribution >= 4 is 34.7 Å². The van der Waals surface area contributed by atoms with E-state index < -0.39 is 0 Å². The molecule has 0 amide bonds. The molecule has 1 atom stereocenters. The van der Waals surface area contributed by atoms with Crippen molar-refractivity contribution in [2.24, 2.45) is 5.92 Å². The second-order valence-electron chi connectivity index (χ2n) is 10.9.